The number of hydrogen-bond donors (Lipinski definition) is 1. The first-order valence-corrected chi connectivity index (χ1v) is 7.76. The fraction of sp³-hybridized carbons (Fsp3) is 0.176. The lowest BCUT2D eigenvalue weighted by Gasteiger charge is -2.12. The van der Waals surface area contributed by atoms with E-state index in [9.17, 15) is 13.2 Å². The summed E-state index contributed by atoms with van der Waals surface area (Å²) in [7, 11) is 0. The van der Waals surface area contributed by atoms with Crippen molar-refractivity contribution in [3.63, 3.8) is 0 Å². The Morgan fingerprint density at radius 2 is 1.84 bits per heavy atom. The summed E-state index contributed by atoms with van der Waals surface area (Å²) < 4.78 is 40.1. The fourth-order valence-electron chi connectivity index (χ4n) is 2.44. The lowest BCUT2D eigenvalue weighted by atomic mass is 10.2. The third kappa shape index (κ3) is 3.93. The summed E-state index contributed by atoms with van der Waals surface area (Å²) in [6.07, 6.45) is -4.41. The summed E-state index contributed by atoms with van der Waals surface area (Å²) >= 11 is 6.13. The summed E-state index contributed by atoms with van der Waals surface area (Å²) in [6.45, 7) is 3.73. The Kier molecular flexibility index (Phi) is 4.43. The first-order chi connectivity index (χ1) is 11.7. The van der Waals surface area contributed by atoms with Crippen LogP contribution in [0.15, 0.2) is 42.5 Å². The second kappa shape index (κ2) is 6.40. The van der Waals surface area contributed by atoms with E-state index < -0.39 is 11.7 Å². The van der Waals surface area contributed by atoms with Gasteiger partial charge in [-0.05, 0) is 44.2 Å². The van der Waals surface area contributed by atoms with Crippen LogP contribution in [-0.4, -0.2) is 14.8 Å². The third-order valence-electron chi connectivity index (χ3n) is 3.47. The summed E-state index contributed by atoms with van der Waals surface area (Å²) in [5.74, 6) is 0.807. The number of pyridine rings is 1. The smallest absolute Gasteiger partial charge is 0.340 e. The van der Waals surface area contributed by atoms with Crippen molar-refractivity contribution in [3.05, 3.63) is 64.4 Å². The van der Waals surface area contributed by atoms with Gasteiger partial charge >= 0.3 is 6.18 Å². The summed E-state index contributed by atoms with van der Waals surface area (Å²) in [5.41, 5.74) is 1.23. The predicted octanol–water partition coefficient (Wildman–Crippen LogP) is 5.30. The number of benzene rings is 1. The van der Waals surface area contributed by atoms with E-state index in [1.54, 1.807) is 10.7 Å². The zero-order valence-electron chi connectivity index (χ0n) is 13.4. The van der Waals surface area contributed by atoms with Crippen LogP contribution in [0.3, 0.4) is 0 Å². The van der Waals surface area contributed by atoms with Crippen molar-refractivity contribution in [2.24, 2.45) is 0 Å². The number of aryl methyl sites for hydroxylation is 2. The Balaban J connectivity index is 1.95. The molecule has 0 amide bonds. The van der Waals surface area contributed by atoms with Crippen LogP contribution in [0.4, 0.5) is 24.7 Å². The maximum atomic E-state index is 12.8. The van der Waals surface area contributed by atoms with E-state index in [1.165, 1.54) is 18.2 Å². The quantitative estimate of drug-likeness (QED) is 0.684. The number of aromatic nitrogens is 3. The van der Waals surface area contributed by atoms with Gasteiger partial charge in [-0.3, -0.25) is 0 Å². The van der Waals surface area contributed by atoms with Gasteiger partial charge in [-0.2, -0.15) is 18.3 Å². The van der Waals surface area contributed by atoms with Crippen molar-refractivity contribution in [1.29, 1.82) is 0 Å². The molecule has 0 fully saturated rings. The van der Waals surface area contributed by atoms with Gasteiger partial charge in [-0.15, -0.1) is 0 Å². The van der Waals surface area contributed by atoms with E-state index in [0.717, 1.165) is 23.5 Å². The van der Waals surface area contributed by atoms with Gasteiger partial charge in [0.25, 0.3) is 0 Å². The van der Waals surface area contributed by atoms with Crippen LogP contribution in [0.25, 0.3) is 5.82 Å². The predicted molar refractivity (Wildman–Crippen MR) is 90.6 cm³/mol. The summed E-state index contributed by atoms with van der Waals surface area (Å²) in [5, 5.41) is 7.59. The molecule has 1 N–H and O–H groups in total. The Labute approximate surface area is 147 Å². The molecule has 0 radical (unpaired) electrons. The zero-order valence-corrected chi connectivity index (χ0v) is 14.2. The molecular formula is C17H14ClF3N4. The van der Waals surface area contributed by atoms with Crippen molar-refractivity contribution in [3.8, 4) is 5.82 Å². The van der Waals surface area contributed by atoms with Gasteiger partial charge in [0.15, 0.2) is 5.82 Å². The van der Waals surface area contributed by atoms with Gasteiger partial charge < -0.3 is 5.32 Å². The zero-order chi connectivity index (χ0) is 18.2. The molecule has 2 aromatic heterocycles. The number of nitrogens with zero attached hydrogens (tertiary/aromatic N) is 3. The van der Waals surface area contributed by atoms with Gasteiger partial charge in [0.2, 0.25) is 0 Å². The highest BCUT2D eigenvalue weighted by molar-refractivity contribution is 6.31. The number of rotatable bonds is 3. The molecule has 3 rings (SSSR count). The Bertz CT molecular complexity index is 918. The van der Waals surface area contributed by atoms with Gasteiger partial charge in [-0.1, -0.05) is 17.7 Å². The number of anilines is 2. The van der Waals surface area contributed by atoms with Crippen LogP contribution < -0.4 is 5.32 Å². The fourth-order valence-corrected chi connectivity index (χ4v) is 2.64. The molecule has 0 bridgehead atoms. The van der Waals surface area contributed by atoms with E-state index >= 15 is 0 Å². The van der Waals surface area contributed by atoms with E-state index in [-0.39, 0.29) is 5.69 Å². The monoisotopic (exact) mass is 366 g/mol. The molecule has 4 nitrogen and oxygen atoms in total. The first kappa shape index (κ1) is 17.3. The van der Waals surface area contributed by atoms with Crippen LogP contribution in [0.1, 0.15) is 17.0 Å². The third-order valence-corrected chi connectivity index (χ3v) is 3.68. The second-order valence-corrected chi connectivity index (χ2v) is 6.01. The minimum absolute atomic E-state index is 0.268. The normalized spacial score (nSPS) is 11.6. The molecule has 0 aliphatic heterocycles. The van der Waals surface area contributed by atoms with Crippen LogP contribution in [0.5, 0.6) is 0 Å². The number of nitrogens with one attached hydrogen (secondary N) is 1. The number of alkyl halides is 3. The van der Waals surface area contributed by atoms with Crippen LogP contribution in [-0.2, 0) is 6.18 Å². The SMILES string of the molecule is Cc1cc(C)n(-c2cc(Cl)cc(Nc3cccc(C(F)(F)F)c3)n2)n1. The van der Waals surface area contributed by atoms with Gasteiger partial charge in [-0.25, -0.2) is 9.67 Å². The molecule has 0 aliphatic carbocycles. The highest BCUT2D eigenvalue weighted by Gasteiger charge is 2.30. The van der Waals surface area contributed by atoms with Crippen LogP contribution in [0.2, 0.25) is 5.02 Å². The molecule has 0 atom stereocenters. The standard InChI is InChI=1S/C17H14ClF3N4/c1-10-6-11(2)25(24-10)16-9-13(18)8-15(23-16)22-14-5-3-4-12(7-14)17(19,20)21/h3-9H,1-2H3,(H,22,23). The van der Waals surface area contributed by atoms with Crippen molar-refractivity contribution >= 4 is 23.1 Å². The Hall–Kier alpha value is -2.54. The molecule has 0 unspecified atom stereocenters. The lowest BCUT2D eigenvalue weighted by molar-refractivity contribution is -0.137. The van der Waals surface area contributed by atoms with Gasteiger partial charge in [0, 0.05) is 22.5 Å². The van der Waals surface area contributed by atoms with Crippen molar-refractivity contribution < 1.29 is 13.2 Å². The lowest BCUT2D eigenvalue weighted by Crippen LogP contribution is -2.06. The number of hydrogen-bond acceptors (Lipinski definition) is 3. The molecule has 2 heterocycles. The first-order valence-electron chi connectivity index (χ1n) is 7.38. The molecular weight excluding hydrogens is 353 g/mol. The maximum absolute atomic E-state index is 12.8. The minimum Gasteiger partial charge on any atom is -0.340 e. The maximum Gasteiger partial charge on any atom is 0.416 e. The molecule has 1 aromatic carbocycles. The van der Waals surface area contributed by atoms with E-state index in [4.69, 9.17) is 11.6 Å². The highest BCUT2D eigenvalue weighted by atomic mass is 35.5. The van der Waals surface area contributed by atoms with E-state index in [2.05, 4.69) is 15.4 Å². The summed E-state index contributed by atoms with van der Waals surface area (Å²) in [4.78, 5) is 4.39. The minimum atomic E-state index is -4.41. The summed E-state index contributed by atoms with van der Waals surface area (Å²) in [6, 6.07) is 9.96. The molecule has 3 aromatic rings. The van der Waals surface area contributed by atoms with Crippen molar-refractivity contribution in [1.82, 2.24) is 14.8 Å². The van der Waals surface area contributed by atoms with Crippen LogP contribution in [0, 0.1) is 13.8 Å². The average molecular weight is 367 g/mol. The molecule has 0 spiro atoms. The molecule has 0 saturated heterocycles. The van der Waals surface area contributed by atoms with E-state index in [1.807, 2.05) is 19.9 Å². The number of halogens is 4. The van der Waals surface area contributed by atoms with Crippen LogP contribution >= 0.6 is 11.6 Å². The van der Waals surface area contributed by atoms with Gasteiger partial charge in [0.05, 0.1) is 11.3 Å². The molecule has 0 aliphatic rings. The largest absolute Gasteiger partial charge is 0.416 e. The topological polar surface area (TPSA) is 42.7 Å². The highest BCUT2D eigenvalue weighted by Crippen LogP contribution is 2.31. The Morgan fingerprint density at radius 3 is 2.48 bits per heavy atom. The van der Waals surface area contributed by atoms with Crippen molar-refractivity contribution in [2.75, 3.05) is 5.32 Å². The van der Waals surface area contributed by atoms with Crippen molar-refractivity contribution in [2.45, 2.75) is 20.0 Å². The van der Waals surface area contributed by atoms with E-state index in [0.29, 0.717) is 16.7 Å². The average Bonchev–Trinajstić information content (AvgIpc) is 2.85. The Morgan fingerprint density at radius 1 is 1.08 bits per heavy atom. The molecule has 25 heavy (non-hydrogen) atoms. The molecule has 8 heteroatoms. The second-order valence-electron chi connectivity index (χ2n) is 5.57. The van der Waals surface area contributed by atoms with Gasteiger partial charge in [0.1, 0.15) is 5.82 Å². The molecule has 130 valence electrons. The molecule has 0 saturated carbocycles.